The maximum absolute atomic E-state index is 2.37. The Morgan fingerprint density at radius 3 is 2.16 bits per heavy atom. The van der Waals surface area contributed by atoms with Gasteiger partial charge in [-0.1, -0.05) is 78.9 Å². The molecule has 0 spiro atoms. The van der Waals surface area contributed by atoms with Crippen molar-refractivity contribution in [1.29, 1.82) is 0 Å². The van der Waals surface area contributed by atoms with Crippen LogP contribution in [0.5, 0.6) is 0 Å². The fourth-order valence-corrected chi connectivity index (χ4v) is 4.78. The summed E-state index contributed by atoms with van der Waals surface area (Å²) in [5.74, 6) is 1.16. The average molecular weight is 413 g/mol. The van der Waals surface area contributed by atoms with Gasteiger partial charge >= 0.3 is 0 Å². The molecule has 0 N–H and O–H groups in total. The van der Waals surface area contributed by atoms with Crippen LogP contribution >= 0.6 is 0 Å². The second kappa shape index (κ2) is 7.90. The third kappa shape index (κ3) is 3.30. The normalized spacial score (nSPS) is 11.8. The largest absolute Gasteiger partial charge is 0.330 e. The molecule has 1 heterocycles. The van der Waals surface area contributed by atoms with E-state index in [9.17, 15) is 0 Å². The van der Waals surface area contributed by atoms with Gasteiger partial charge in [0.2, 0.25) is 0 Å². The van der Waals surface area contributed by atoms with Gasteiger partial charge in [-0.15, -0.1) is 0 Å². The van der Waals surface area contributed by atoms with Crippen LogP contribution in [0.15, 0.2) is 121 Å². The zero-order valence-electron chi connectivity index (χ0n) is 17.9. The van der Waals surface area contributed by atoms with Gasteiger partial charge in [-0.25, -0.2) is 0 Å². The first kappa shape index (κ1) is 18.7. The Morgan fingerprint density at radius 2 is 1.31 bits per heavy atom. The number of hydrogen-bond acceptors (Lipinski definition) is 1. The van der Waals surface area contributed by atoms with Crippen molar-refractivity contribution in [2.45, 2.75) is 13.0 Å². The zero-order valence-corrected chi connectivity index (χ0v) is 17.9. The van der Waals surface area contributed by atoms with Crippen molar-refractivity contribution in [2.75, 3.05) is 4.90 Å². The lowest BCUT2D eigenvalue weighted by molar-refractivity contribution is 0.802. The number of hydrogen-bond donors (Lipinski definition) is 0. The summed E-state index contributed by atoms with van der Waals surface area (Å²) in [5.41, 5.74) is 9.18. The van der Waals surface area contributed by atoms with E-state index in [1.165, 1.54) is 33.5 Å². The predicted molar refractivity (Wildman–Crippen MR) is 133 cm³/mol. The van der Waals surface area contributed by atoms with Crippen LogP contribution in [0.3, 0.4) is 0 Å². The van der Waals surface area contributed by atoms with E-state index < -0.39 is 0 Å². The second-order valence-electron chi connectivity index (χ2n) is 8.33. The predicted octanol–water partition coefficient (Wildman–Crippen LogP) is 7.58. The zero-order chi connectivity index (χ0) is 21.3. The molecule has 0 saturated heterocycles. The topological polar surface area (TPSA) is 8.17 Å². The minimum atomic E-state index is 0.836. The van der Waals surface area contributed by atoms with Gasteiger partial charge in [0.1, 0.15) is 5.82 Å². The summed E-state index contributed by atoms with van der Waals surface area (Å²) in [7, 11) is 0. The molecule has 0 radical (unpaired) electrons. The van der Waals surface area contributed by atoms with E-state index in [0.29, 0.717) is 0 Å². The first-order valence-corrected chi connectivity index (χ1v) is 11.1. The number of nitrogens with zero attached hydrogens (tertiary/aromatic N) is 2. The van der Waals surface area contributed by atoms with Gasteiger partial charge in [0, 0.05) is 24.1 Å². The van der Waals surface area contributed by atoms with E-state index in [2.05, 4.69) is 131 Å². The summed E-state index contributed by atoms with van der Waals surface area (Å²) in [6.07, 6.45) is 3.16. The molecule has 2 nitrogen and oxygen atoms in total. The van der Waals surface area contributed by atoms with Gasteiger partial charge < -0.3 is 4.57 Å². The van der Waals surface area contributed by atoms with Crippen molar-refractivity contribution in [3.63, 3.8) is 0 Å². The molecule has 1 aliphatic carbocycles. The lowest BCUT2D eigenvalue weighted by atomic mass is 10.0. The van der Waals surface area contributed by atoms with Gasteiger partial charge in [-0.3, -0.25) is 4.90 Å². The molecule has 1 aromatic heterocycles. The highest BCUT2D eigenvalue weighted by Gasteiger charge is 2.21. The molecule has 0 amide bonds. The molecular formula is C30H24N2. The van der Waals surface area contributed by atoms with Crippen LogP contribution in [0.2, 0.25) is 0 Å². The van der Waals surface area contributed by atoms with Crippen LogP contribution in [-0.4, -0.2) is 4.57 Å². The number of para-hydroxylation sites is 1. The molecule has 154 valence electrons. The van der Waals surface area contributed by atoms with E-state index in [-0.39, 0.29) is 0 Å². The lowest BCUT2D eigenvalue weighted by Gasteiger charge is -2.27. The van der Waals surface area contributed by atoms with Gasteiger partial charge in [-0.2, -0.15) is 0 Å². The molecule has 1 aliphatic rings. The van der Waals surface area contributed by atoms with Crippen LogP contribution in [0.25, 0.3) is 11.1 Å². The molecular weight excluding hydrogens is 388 g/mol. The monoisotopic (exact) mass is 412 g/mol. The Kier molecular flexibility index (Phi) is 4.62. The molecule has 0 saturated carbocycles. The molecule has 0 unspecified atom stereocenters. The Labute approximate surface area is 189 Å². The lowest BCUT2D eigenvalue weighted by Crippen LogP contribution is -2.15. The van der Waals surface area contributed by atoms with Gasteiger partial charge in [0.25, 0.3) is 0 Å². The summed E-state index contributed by atoms with van der Waals surface area (Å²) < 4.78 is 2.32. The molecule has 0 fully saturated rings. The number of rotatable bonds is 5. The summed E-state index contributed by atoms with van der Waals surface area (Å²) in [6, 6.07) is 41.3. The highest BCUT2D eigenvalue weighted by atomic mass is 15.2. The van der Waals surface area contributed by atoms with E-state index in [0.717, 1.165) is 24.5 Å². The molecule has 0 bridgehead atoms. The molecule has 32 heavy (non-hydrogen) atoms. The van der Waals surface area contributed by atoms with Crippen molar-refractivity contribution >= 4 is 17.2 Å². The standard InChI is InChI=1S/C30H24N2/c1-3-10-23(11-4-1)22-31-19-9-16-30(31)32(26-13-5-2-6-14-26)27-17-18-29-25(21-27)20-24-12-7-8-15-28(24)29/h1-19,21H,20,22H2. The van der Waals surface area contributed by atoms with Crippen LogP contribution in [-0.2, 0) is 13.0 Å². The Morgan fingerprint density at radius 1 is 0.594 bits per heavy atom. The fourth-order valence-electron chi connectivity index (χ4n) is 4.78. The maximum atomic E-state index is 2.37. The van der Waals surface area contributed by atoms with Crippen molar-refractivity contribution in [1.82, 2.24) is 4.57 Å². The number of aromatic nitrogens is 1. The second-order valence-corrected chi connectivity index (χ2v) is 8.33. The highest BCUT2D eigenvalue weighted by Crippen LogP contribution is 2.41. The number of benzene rings is 4. The van der Waals surface area contributed by atoms with Crippen molar-refractivity contribution < 1.29 is 0 Å². The number of anilines is 3. The SMILES string of the molecule is c1ccc(Cn2cccc2N(c2ccccc2)c2ccc3c(c2)Cc2ccccc2-3)cc1. The molecule has 2 heteroatoms. The van der Waals surface area contributed by atoms with E-state index in [1.54, 1.807) is 0 Å². The van der Waals surface area contributed by atoms with E-state index in [1.807, 2.05) is 0 Å². The molecule has 0 aliphatic heterocycles. The minimum absolute atomic E-state index is 0.836. The summed E-state index contributed by atoms with van der Waals surface area (Å²) >= 11 is 0. The third-order valence-electron chi connectivity index (χ3n) is 6.28. The van der Waals surface area contributed by atoms with Crippen LogP contribution < -0.4 is 4.90 Å². The van der Waals surface area contributed by atoms with Crippen molar-refractivity contribution in [2.24, 2.45) is 0 Å². The highest BCUT2D eigenvalue weighted by molar-refractivity contribution is 5.82. The smallest absolute Gasteiger partial charge is 0.117 e. The Bertz CT molecular complexity index is 1370. The quantitative estimate of drug-likeness (QED) is 0.283. The fraction of sp³-hybridized carbons (Fsp3) is 0.0667. The molecule has 5 aromatic rings. The first-order chi connectivity index (χ1) is 15.9. The van der Waals surface area contributed by atoms with Crippen LogP contribution in [0.1, 0.15) is 16.7 Å². The summed E-state index contributed by atoms with van der Waals surface area (Å²) in [4.78, 5) is 2.37. The van der Waals surface area contributed by atoms with Crippen molar-refractivity contribution in [3.05, 3.63) is 138 Å². The summed E-state index contributed by atoms with van der Waals surface area (Å²) in [6.45, 7) is 0.836. The van der Waals surface area contributed by atoms with E-state index in [4.69, 9.17) is 0 Å². The van der Waals surface area contributed by atoms with E-state index >= 15 is 0 Å². The third-order valence-corrected chi connectivity index (χ3v) is 6.28. The van der Waals surface area contributed by atoms with Gasteiger partial charge in [-0.05, 0) is 70.6 Å². The maximum Gasteiger partial charge on any atom is 0.117 e. The minimum Gasteiger partial charge on any atom is -0.330 e. The molecule has 6 rings (SSSR count). The Balaban J connectivity index is 1.45. The molecule has 0 atom stereocenters. The van der Waals surface area contributed by atoms with Gasteiger partial charge in [0.15, 0.2) is 0 Å². The molecule has 4 aromatic carbocycles. The first-order valence-electron chi connectivity index (χ1n) is 11.1. The average Bonchev–Trinajstić information content (AvgIpc) is 3.45. The number of fused-ring (bicyclic) bond motifs is 3. The van der Waals surface area contributed by atoms with Crippen LogP contribution in [0, 0.1) is 0 Å². The summed E-state index contributed by atoms with van der Waals surface area (Å²) in [5, 5.41) is 0. The Hall–Kier alpha value is -4.04. The van der Waals surface area contributed by atoms with Crippen LogP contribution in [0.4, 0.5) is 17.2 Å². The van der Waals surface area contributed by atoms with Crippen molar-refractivity contribution in [3.8, 4) is 11.1 Å². The van der Waals surface area contributed by atoms with Gasteiger partial charge in [0.05, 0.1) is 0 Å².